The number of rotatable bonds is 1. The number of methoxy groups -OCH3 is 1. The molecule has 0 bridgehead atoms. The van der Waals surface area contributed by atoms with Crippen molar-refractivity contribution in [3.63, 3.8) is 0 Å². The molecule has 3 nitrogen and oxygen atoms in total. The molecule has 70 valence electrons. The van der Waals surface area contributed by atoms with Crippen LogP contribution in [0.3, 0.4) is 0 Å². The molecule has 0 amide bonds. The Morgan fingerprint density at radius 3 is 2.85 bits per heavy atom. The number of ether oxygens (including phenoxy) is 3. The molecule has 0 radical (unpaired) electrons. The van der Waals surface area contributed by atoms with Gasteiger partial charge in [-0.25, -0.2) is 0 Å². The maximum absolute atomic E-state index is 5.26. The van der Waals surface area contributed by atoms with Gasteiger partial charge in [0, 0.05) is 4.47 Å². The molecule has 5 heteroatoms. The van der Waals surface area contributed by atoms with Crippen LogP contribution in [0.5, 0.6) is 17.2 Å². The fourth-order valence-electron chi connectivity index (χ4n) is 1.14. The van der Waals surface area contributed by atoms with Crippen LogP contribution in [0.2, 0.25) is 0 Å². The van der Waals surface area contributed by atoms with Crippen LogP contribution in [0.25, 0.3) is 0 Å². The van der Waals surface area contributed by atoms with Gasteiger partial charge in [0.15, 0.2) is 11.5 Å². The Bertz CT molecular complexity index is 352. The van der Waals surface area contributed by atoms with Crippen LogP contribution in [-0.4, -0.2) is 13.9 Å². The quantitative estimate of drug-likeness (QED) is 0.798. The van der Waals surface area contributed by atoms with Crippen LogP contribution < -0.4 is 14.2 Å². The maximum atomic E-state index is 5.26. The summed E-state index contributed by atoms with van der Waals surface area (Å²) in [5, 5.41) is 0. The zero-order chi connectivity index (χ0) is 9.42. The van der Waals surface area contributed by atoms with Crippen molar-refractivity contribution in [3.8, 4) is 17.2 Å². The first-order chi connectivity index (χ1) is 6.24. The van der Waals surface area contributed by atoms with E-state index >= 15 is 0 Å². The molecule has 0 atom stereocenters. The zero-order valence-corrected chi connectivity index (χ0v) is 9.94. The van der Waals surface area contributed by atoms with Crippen molar-refractivity contribution in [1.29, 1.82) is 0 Å². The Morgan fingerprint density at radius 1 is 1.38 bits per heavy atom. The number of benzene rings is 1. The Labute approximate surface area is 92.2 Å². The van der Waals surface area contributed by atoms with Crippen LogP contribution in [-0.2, 0) is 0 Å². The minimum atomic E-state index is 0.245. The summed E-state index contributed by atoms with van der Waals surface area (Å²) >= 11 is 6.76. The maximum Gasteiger partial charge on any atom is 0.231 e. The lowest BCUT2D eigenvalue weighted by atomic mass is 10.3. The minimum Gasteiger partial charge on any atom is -0.492 e. The topological polar surface area (TPSA) is 27.7 Å². The monoisotopic (exact) mass is 308 g/mol. The largest absolute Gasteiger partial charge is 0.492 e. The molecule has 1 aliphatic rings. The van der Waals surface area contributed by atoms with E-state index in [1.807, 2.05) is 6.07 Å². The van der Waals surface area contributed by atoms with Crippen molar-refractivity contribution in [3.05, 3.63) is 15.0 Å². The van der Waals surface area contributed by atoms with Crippen LogP contribution in [0.1, 0.15) is 0 Å². The van der Waals surface area contributed by atoms with E-state index < -0.39 is 0 Å². The molecular weight excluding hydrogens is 304 g/mol. The third-order valence-electron chi connectivity index (χ3n) is 1.72. The van der Waals surface area contributed by atoms with Crippen molar-refractivity contribution in [2.24, 2.45) is 0 Å². The number of hydrogen-bond donors (Lipinski definition) is 0. The third kappa shape index (κ3) is 1.40. The normalized spacial score (nSPS) is 13.2. The molecular formula is C8H6Br2O3. The second kappa shape index (κ2) is 3.38. The van der Waals surface area contributed by atoms with Crippen molar-refractivity contribution in [2.45, 2.75) is 0 Å². The molecule has 0 saturated heterocycles. The SMILES string of the molecule is COc1c(Br)c(Br)cc2c1OCO2. The average molecular weight is 310 g/mol. The summed E-state index contributed by atoms with van der Waals surface area (Å²) in [5.74, 6) is 2.01. The predicted molar refractivity (Wildman–Crippen MR) is 54.5 cm³/mol. The van der Waals surface area contributed by atoms with Gasteiger partial charge in [0.25, 0.3) is 0 Å². The Hall–Kier alpha value is -0.420. The molecule has 0 spiro atoms. The van der Waals surface area contributed by atoms with Gasteiger partial charge < -0.3 is 14.2 Å². The van der Waals surface area contributed by atoms with Crippen LogP contribution in [0, 0.1) is 0 Å². The molecule has 13 heavy (non-hydrogen) atoms. The van der Waals surface area contributed by atoms with E-state index in [2.05, 4.69) is 31.9 Å². The highest BCUT2D eigenvalue weighted by Crippen LogP contribution is 2.48. The van der Waals surface area contributed by atoms with Crippen LogP contribution >= 0.6 is 31.9 Å². The summed E-state index contributed by atoms with van der Waals surface area (Å²) in [6.45, 7) is 0.245. The first-order valence-electron chi connectivity index (χ1n) is 3.55. The summed E-state index contributed by atoms with van der Waals surface area (Å²) in [7, 11) is 1.59. The van der Waals surface area contributed by atoms with Gasteiger partial charge in [-0.05, 0) is 37.9 Å². The average Bonchev–Trinajstić information content (AvgIpc) is 2.54. The second-order valence-corrected chi connectivity index (χ2v) is 4.09. The second-order valence-electron chi connectivity index (χ2n) is 2.44. The molecule has 0 fully saturated rings. The summed E-state index contributed by atoms with van der Waals surface area (Å²) in [6, 6.07) is 1.84. The van der Waals surface area contributed by atoms with Crippen LogP contribution in [0.4, 0.5) is 0 Å². The van der Waals surface area contributed by atoms with E-state index in [0.717, 1.165) is 8.95 Å². The molecule has 1 heterocycles. The lowest BCUT2D eigenvalue weighted by molar-refractivity contribution is 0.171. The first-order valence-corrected chi connectivity index (χ1v) is 5.14. The number of hydrogen-bond acceptors (Lipinski definition) is 3. The molecule has 0 unspecified atom stereocenters. The van der Waals surface area contributed by atoms with Gasteiger partial charge in [0.2, 0.25) is 12.5 Å². The molecule has 0 aliphatic carbocycles. The van der Waals surface area contributed by atoms with Crippen molar-refractivity contribution < 1.29 is 14.2 Å². The predicted octanol–water partition coefficient (Wildman–Crippen LogP) is 2.95. The van der Waals surface area contributed by atoms with Crippen molar-refractivity contribution >= 4 is 31.9 Å². The van der Waals surface area contributed by atoms with Gasteiger partial charge in [-0.3, -0.25) is 0 Å². The summed E-state index contributed by atoms with van der Waals surface area (Å²) < 4.78 is 17.4. The molecule has 1 aliphatic heterocycles. The van der Waals surface area contributed by atoms with Gasteiger partial charge >= 0.3 is 0 Å². The Balaban J connectivity index is 2.64. The number of halogens is 2. The highest BCUT2D eigenvalue weighted by atomic mass is 79.9. The smallest absolute Gasteiger partial charge is 0.231 e. The van der Waals surface area contributed by atoms with E-state index in [9.17, 15) is 0 Å². The highest BCUT2D eigenvalue weighted by molar-refractivity contribution is 9.13. The fraction of sp³-hybridized carbons (Fsp3) is 0.250. The van der Waals surface area contributed by atoms with E-state index in [4.69, 9.17) is 14.2 Å². The molecule has 0 N–H and O–H groups in total. The Morgan fingerprint density at radius 2 is 2.15 bits per heavy atom. The van der Waals surface area contributed by atoms with E-state index in [0.29, 0.717) is 17.2 Å². The fourth-order valence-corrected chi connectivity index (χ4v) is 1.99. The van der Waals surface area contributed by atoms with Gasteiger partial charge in [0.1, 0.15) is 0 Å². The highest BCUT2D eigenvalue weighted by Gasteiger charge is 2.23. The van der Waals surface area contributed by atoms with Gasteiger partial charge in [0.05, 0.1) is 11.6 Å². The zero-order valence-electron chi connectivity index (χ0n) is 6.77. The molecule has 1 aromatic rings. The van der Waals surface area contributed by atoms with Crippen molar-refractivity contribution in [1.82, 2.24) is 0 Å². The number of fused-ring (bicyclic) bond motifs is 1. The summed E-state index contributed by atoms with van der Waals surface area (Å²) in [4.78, 5) is 0. The summed E-state index contributed by atoms with van der Waals surface area (Å²) in [5.41, 5.74) is 0. The van der Waals surface area contributed by atoms with Gasteiger partial charge in [-0.15, -0.1) is 0 Å². The van der Waals surface area contributed by atoms with E-state index in [-0.39, 0.29) is 6.79 Å². The molecule has 1 aromatic carbocycles. The lowest BCUT2D eigenvalue weighted by Gasteiger charge is -2.07. The summed E-state index contributed by atoms with van der Waals surface area (Å²) in [6.07, 6.45) is 0. The first kappa shape index (κ1) is 9.15. The van der Waals surface area contributed by atoms with Crippen molar-refractivity contribution in [2.75, 3.05) is 13.9 Å². The lowest BCUT2D eigenvalue weighted by Crippen LogP contribution is -1.94. The molecule has 0 saturated carbocycles. The minimum absolute atomic E-state index is 0.245. The van der Waals surface area contributed by atoms with Gasteiger partial charge in [-0.1, -0.05) is 0 Å². The molecule has 2 rings (SSSR count). The van der Waals surface area contributed by atoms with Gasteiger partial charge in [-0.2, -0.15) is 0 Å². The third-order valence-corrected chi connectivity index (χ3v) is 3.66. The van der Waals surface area contributed by atoms with Crippen LogP contribution in [0.15, 0.2) is 15.0 Å². The molecule has 0 aromatic heterocycles. The standard InChI is InChI=1S/C8H6Br2O3/c1-11-8-6(10)4(9)2-5-7(8)13-3-12-5/h2H,3H2,1H3. The Kier molecular flexibility index (Phi) is 2.38. The van der Waals surface area contributed by atoms with E-state index in [1.54, 1.807) is 7.11 Å². The van der Waals surface area contributed by atoms with E-state index in [1.165, 1.54) is 0 Å².